The van der Waals surface area contributed by atoms with Crippen molar-refractivity contribution >= 4 is 40.6 Å². The van der Waals surface area contributed by atoms with Crippen LogP contribution in [0.1, 0.15) is 0 Å². The summed E-state index contributed by atoms with van der Waals surface area (Å²) in [6, 6.07) is 0. The van der Waals surface area contributed by atoms with Gasteiger partial charge in [-0.1, -0.05) is 0 Å². The van der Waals surface area contributed by atoms with E-state index < -0.39 is 0 Å². The van der Waals surface area contributed by atoms with Crippen LogP contribution < -0.4 is 12.4 Å². The Kier molecular flexibility index (Phi) is 42.1. The van der Waals surface area contributed by atoms with Crippen molar-refractivity contribution in [1.82, 2.24) is 0 Å². The van der Waals surface area contributed by atoms with Crippen molar-refractivity contribution < 1.29 is 12.4 Å². The number of rotatable bonds is 1. The van der Waals surface area contributed by atoms with E-state index in [4.69, 9.17) is 23.2 Å². The van der Waals surface area contributed by atoms with Crippen LogP contribution in [0.3, 0.4) is 0 Å². The van der Waals surface area contributed by atoms with Gasteiger partial charge in [-0.25, -0.2) is 0 Å². The summed E-state index contributed by atoms with van der Waals surface area (Å²) in [6.45, 7) is 0. The number of halogens is 3. The topological polar surface area (TPSA) is 0 Å². The van der Waals surface area contributed by atoms with Gasteiger partial charge in [-0.05, 0) is 0 Å². The number of alkyl halides is 2. The Bertz CT molecular complexity index is 10.8. The smallest absolute Gasteiger partial charge is 1.00 e. The molecule has 0 aliphatic heterocycles. The fourth-order valence-corrected chi connectivity index (χ4v) is 0. The minimum absolute atomic E-state index is 0. The van der Waals surface area contributed by atoms with Gasteiger partial charge in [-0.15, -0.1) is 23.2 Å². The fraction of sp³-hybridized carbons (Fsp3) is 1.00. The molecule has 0 N–H and O–H groups in total. The molecule has 0 spiro atoms. The summed E-state index contributed by atoms with van der Waals surface area (Å²) in [5.41, 5.74) is 0. The Morgan fingerprint density at radius 2 is 1.17 bits per heavy atom. The molecule has 0 heterocycles. The molecule has 0 aromatic carbocycles. The van der Waals surface area contributed by atoms with Crippen LogP contribution in [0.25, 0.3) is 0 Å². The third-order valence-electron chi connectivity index (χ3n) is 0.0714. The van der Waals surface area contributed by atoms with Crippen LogP contribution in [-0.2, 0) is 0 Å². The monoisotopic (exact) mass is 160 g/mol. The molecule has 0 rings (SSSR count). The maximum atomic E-state index is 5.05. The molecule has 0 radical (unpaired) electrons. The van der Waals surface area contributed by atoms with Gasteiger partial charge in [0.2, 0.25) is 0 Å². The molecular weight excluding hydrogens is 157 g/mol. The van der Waals surface area contributed by atoms with E-state index in [-0.39, 0.29) is 29.8 Å². The number of hydrogen-bond donors (Lipinski definition) is 0. The fourth-order valence-electron chi connectivity index (χ4n) is 0. The molecule has 0 saturated carbocycles. The maximum absolute atomic E-state index is 5.05. The van der Waals surface area contributed by atoms with Gasteiger partial charge in [-0.3, -0.25) is 0 Å². The van der Waals surface area contributed by atoms with E-state index in [0.29, 0.717) is 11.8 Å². The van der Waals surface area contributed by atoms with E-state index in [1.54, 1.807) is 0 Å². The zero-order chi connectivity index (χ0) is 3.41. The molecule has 0 unspecified atom stereocenters. The zero-order valence-electron chi connectivity index (χ0n) is 3.13. The van der Waals surface area contributed by atoms with Crippen molar-refractivity contribution in [2.75, 3.05) is 11.8 Å². The van der Waals surface area contributed by atoms with Gasteiger partial charge < -0.3 is 12.4 Å². The summed E-state index contributed by atoms with van der Waals surface area (Å²) >= 11 is 10.1. The Morgan fingerprint density at radius 1 is 1.00 bits per heavy atom. The van der Waals surface area contributed by atoms with E-state index in [9.17, 15) is 0 Å². The zero-order valence-corrected chi connectivity index (χ0v) is 6.55. The van der Waals surface area contributed by atoms with Crippen molar-refractivity contribution in [3.05, 3.63) is 0 Å². The van der Waals surface area contributed by atoms with Gasteiger partial charge in [0.1, 0.15) is 0 Å². The molecule has 34 valence electrons. The predicted molar refractivity (Wildman–Crippen MR) is 27.2 cm³/mol. The Morgan fingerprint density at radius 3 is 1.17 bits per heavy atom. The van der Waals surface area contributed by atoms with E-state index in [0.717, 1.165) is 0 Å². The SMILES string of the molecule is ClCCCl.[Al+3].[Cl-]. The third-order valence-corrected chi connectivity index (χ3v) is 0.643. The first-order chi connectivity index (χ1) is 1.91. The molecule has 4 heteroatoms. The van der Waals surface area contributed by atoms with Crippen LogP contribution in [0.5, 0.6) is 0 Å². The molecule has 0 saturated heterocycles. The van der Waals surface area contributed by atoms with Crippen LogP contribution in [0.4, 0.5) is 0 Å². The second-order valence-electron chi connectivity index (χ2n) is 0.378. The summed E-state index contributed by atoms with van der Waals surface area (Å²) in [7, 11) is 0. The van der Waals surface area contributed by atoms with Crippen molar-refractivity contribution in [2.45, 2.75) is 0 Å². The molecule has 0 nitrogen and oxygen atoms in total. The molecule has 0 aromatic rings. The van der Waals surface area contributed by atoms with Gasteiger partial charge in [-0.2, -0.15) is 0 Å². The van der Waals surface area contributed by atoms with E-state index in [2.05, 4.69) is 0 Å². The average Bonchev–Trinajstić information content (AvgIpc) is 1.37. The minimum atomic E-state index is 0. The molecule has 6 heavy (non-hydrogen) atoms. The van der Waals surface area contributed by atoms with E-state index >= 15 is 0 Å². The van der Waals surface area contributed by atoms with Crippen LogP contribution in [0.15, 0.2) is 0 Å². The van der Waals surface area contributed by atoms with Crippen molar-refractivity contribution in [3.63, 3.8) is 0 Å². The molecular formula is C2H4AlCl3+2. The second kappa shape index (κ2) is 16.1. The summed E-state index contributed by atoms with van der Waals surface area (Å²) in [5.74, 6) is 1.11. The largest absolute Gasteiger partial charge is 3.00 e. The second-order valence-corrected chi connectivity index (χ2v) is 1.13. The molecule has 0 bridgehead atoms. The average molecular weight is 161 g/mol. The van der Waals surface area contributed by atoms with Gasteiger partial charge >= 0.3 is 17.4 Å². The molecule has 0 aromatic heterocycles. The van der Waals surface area contributed by atoms with Gasteiger partial charge in [0, 0.05) is 11.8 Å². The molecule has 0 atom stereocenters. The molecule has 0 fully saturated rings. The first-order valence-corrected chi connectivity index (χ1v) is 2.10. The van der Waals surface area contributed by atoms with Gasteiger partial charge in [0.15, 0.2) is 0 Å². The van der Waals surface area contributed by atoms with Gasteiger partial charge in [0.05, 0.1) is 0 Å². The first-order valence-electron chi connectivity index (χ1n) is 1.03. The van der Waals surface area contributed by atoms with Crippen molar-refractivity contribution in [2.24, 2.45) is 0 Å². The Labute approximate surface area is 64.7 Å². The summed E-state index contributed by atoms with van der Waals surface area (Å²) < 4.78 is 0. The Balaban J connectivity index is -0.0000000450. The van der Waals surface area contributed by atoms with Crippen LogP contribution >= 0.6 is 23.2 Å². The predicted octanol–water partition coefficient (Wildman–Crippen LogP) is -1.91. The normalized spacial score (nSPS) is 5.00. The first kappa shape index (κ1) is 15.7. The van der Waals surface area contributed by atoms with Crippen LogP contribution in [0, 0.1) is 0 Å². The van der Waals surface area contributed by atoms with Crippen LogP contribution in [-0.4, -0.2) is 29.1 Å². The molecule has 0 aliphatic rings. The Hall–Kier alpha value is 1.40. The standard InChI is InChI=1S/C2H4Cl2.Al.ClH/c3-1-2-4;;/h1-2H2;;1H/q;+3;/p-1. The maximum Gasteiger partial charge on any atom is 3.00 e. The van der Waals surface area contributed by atoms with Crippen LogP contribution in [0.2, 0.25) is 0 Å². The van der Waals surface area contributed by atoms with E-state index in [1.807, 2.05) is 0 Å². The van der Waals surface area contributed by atoms with Crippen molar-refractivity contribution in [1.29, 1.82) is 0 Å². The summed E-state index contributed by atoms with van der Waals surface area (Å²) in [4.78, 5) is 0. The van der Waals surface area contributed by atoms with Crippen molar-refractivity contribution in [3.8, 4) is 0 Å². The summed E-state index contributed by atoms with van der Waals surface area (Å²) in [6.07, 6.45) is 0. The minimum Gasteiger partial charge on any atom is -1.00 e. The van der Waals surface area contributed by atoms with E-state index in [1.165, 1.54) is 0 Å². The molecule has 0 amide bonds. The number of hydrogen-bond acceptors (Lipinski definition) is 0. The quantitative estimate of drug-likeness (QED) is 0.311. The summed E-state index contributed by atoms with van der Waals surface area (Å²) in [5, 5.41) is 0. The van der Waals surface area contributed by atoms with Gasteiger partial charge in [0.25, 0.3) is 0 Å². The molecule has 0 aliphatic carbocycles. The third kappa shape index (κ3) is 18.1.